The molecule has 84 valence electrons. The van der Waals surface area contributed by atoms with Crippen LogP contribution in [0, 0.1) is 6.92 Å². The first-order chi connectivity index (χ1) is 6.79. The average molecular weight is 291 g/mol. The fourth-order valence-electron chi connectivity index (χ4n) is 0.983. The number of aromatic nitrogens is 2. The van der Waals surface area contributed by atoms with Gasteiger partial charge in [-0.15, -0.1) is 11.8 Å². The van der Waals surface area contributed by atoms with E-state index in [1.807, 2.05) is 6.92 Å². The molecule has 5 heteroatoms. The molecule has 0 spiro atoms. The zero-order valence-electron chi connectivity index (χ0n) is 9.35. The molecule has 1 aromatic heterocycles. The molecule has 1 rings (SSSR count). The van der Waals surface area contributed by atoms with Crippen molar-refractivity contribution in [2.45, 2.75) is 38.2 Å². The zero-order valence-corrected chi connectivity index (χ0v) is 11.8. The number of rotatable bonds is 2. The predicted molar refractivity (Wildman–Crippen MR) is 68.3 cm³/mol. The minimum absolute atomic E-state index is 0.105. The second-order valence-electron chi connectivity index (χ2n) is 4.31. The van der Waals surface area contributed by atoms with Gasteiger partial charge in [-0.25, -0.2) is 4.98 Å². The van der Waals surface area contributed by atoms with Crippen molar-refractivity contribution in [1.29, 1.82) is 0 Å². The van der Waals surface area contributed by atoms with Crippen LogP contribution in [0.4, 0.5) is 0 Å². The molecule has 1 aromatic rings. The first-order valence-electron chi connectivity index (χ1n) is 4.69. The molecule has 0 saturated carbocycles. The lowest BCUT2D eigenvalue weighted by Gasteiger charge is -2.16. The lowest BCUT2D eigenvalue weighted by molar-refractivity contribution is 0.799. The number of halogens is 1. The van der Waals surface area contributed by atoms with Gasteiger partial charge in [-0.3, -0.25) is 4.79 Å². The summed E-state index contributed by atoms with van der Waals surface area (Å²) < 4.78 is 0.700. The molecule has 0 aliphatic carbocycles. The van der Waals surface area contributed by atoms with E-state index in [-0.39, 0.29) is 10.3 Å². The maximum Gasteiger partial charge on any atom is 0.265 e. The molecule has 3 nitrogen and oxygen atoms in total. The zero-order chi connectivity index (χ0) is 11.6. The van der Waals surface area contributed by atoms with Gasteiger partial charge in [-0.2, -0.15) is 0 Å². The van der Waals surface area contributed by atoms with Gasteiger partial charge in [0, 0.05) is 4.75 Å². The van der Waals surface area contributed by atoms with Crippen LogP contribution in [0.25, 0.3) is 0 Å². The van der Waals surface area contributed by atoms with Crippen LogP contribution < -0.4 is 5.56 Å². The van der Waals surface area contributed by atoms with Crippen LogP contribution in [-0.4, -0.2) is 14.7 Å². The van der Waals surface area contributed by atoms with E-state index >= 15 is 0 Å². The number of aryl methyl sites for hydroxylation is 1. The van der Waals surface area contributed by atoms with Crippen LogP contribution >= 0.6 is 27.7 Å². The van der Waals surface area contributed by atoms with E-state index in [4.69, 9.17) is 0 Å². The minimum Gasteiger partial charge on any atom is -0.309 e. The van der Waals surface area contributed by atoms with E-state index in [1.54, 1.807) is 11.8 Å². The average Bonchev–Trinajstić information content (AvgIpc) is 2.09. The highest BCUT2D eigenvalue weighted by atomic mass is 79.9. The number of H-pyrrole nitrogens is 1. The summed E-state index contributed by atoms with van der Waals surface area (Å²) in [4.78, 5) is 18.5. The van der Waals surface area contributed by atoms with Crippen LogP contribution in [0.3, 0.4) is 0 Å². The smallest absolute Gasteiger partial charge is 0.265 e. The van der Waals surface area contributed by atoms with Crippen molar-refractivity contribution in [3.05, 3.63) is 26.3 Å². The Morgan fingerprint density at radius 3 is 2.53 bits per heavy atom. The third-order valence-corrected chi connectivity index (χ3v) is 3.94. The Labute approximate surface area is 102 Å². The molecule has 0 atom stereocenters. The van der Waals surface area contributed by atoms with E-state index in [0.29, 0.717) is 4.47 Å². The van der Waals surface area contributed by atoms with Crippen LogP contribution in [0.1, 0.15) is 32.3 Å². The monoisotopic (exact) mass is 290 g/mol. The molecule has 0 bridgehead atoms. The number of aromatic amines is 1. The molecule has 1 N–H and O–H groups in total. The van der Waals surface area contributed by atoms with E-state index < -0.39 is 0 Å². The summed E-state index contributed by atoms with van der Waals surface area (Å²) in [5.74, 6) is 1.47. The molecular weight excluding hydrogens is 276 g/mol. The first-order valence-corrected chi connectivity index (χ1v) is 6.47. The number of nitrogens with one attached hydrogen (secondary N) is 1. The van der Waals surface area contributed by atoms with Crippen LogP contribution in [0.2, 0.25) is 0 Å². The van der Waals surface area contributed by atoms with E-state index in [9.17, 15) is 4.79 Å². The van der Waals surface area contributed by atoms with Crippen LogP contribution in [-0.2, 0) is 5.75 Å². The van der Waals surface area contributed by atoms with Crippen molar-refractivity contribution in [3.63, 3.8) is 0 Å². The van der Waals surface area contributed by atoms with Gasteiger partial charge in [0.05, 0.1) is 11.4 Å². The van der Waals surface area contributed by atoms with Crippen molar-refractivity contribution in [3.8, 4) is 0 Å². The summed E-state index contributed by atoms with van der Waals surface area (Å²) in [7, 11) is 0. The topological polar surface area (TPSA) is 45.8 Å². The quantitative estimate of drug-likeness (QED) is 0.911. The molecule has 0 amide bonds. The molecule has 0 fully saturated rings. The Balaban J connectivity index is 2.84. The SMILES string of the molecule is Cc1nc(CSC(C)(C)C)[nH]c(=O)c1Br. The fraction of sp³-hybridized carbons (Fsp3) is 0.600. The first kappa shape index (κ1) is 12.8. The largest absolute Gasteiger partial charge is 0.309 e. The summed E-state index contributed by atoms with van der Waals surface area (Å²) in [6.07, 6.45) is 0. The molecule has 0 aromatic carbocycles. The number of hydrogen-bond acceptors (Lipinski definition) is 3. The number of hydrogen-bond donors (Lipinski definition) is 1. The second kappa shape index (κ2) is 4.70. The van der Waals surface area contributed by atoms with Gasteiger partial charge in [0.15, 0.2) is 0 Å². The Kier molecular flexibility index (Phi) is 4.00. The number of nitrogens with zero attached hydrogens (tertiary/aromatic N) is 1. The molecule has 0 aliphatic rings. The van der Waals surface area contributed by atoms with Gasteiger partial charge in [0.1, 0.15) is 10.3 Å². The third kappa shape index (κ3) is 3.99. The lowest BCUT2D eigenvalue weighted by atomic mass is 10.3. The Hall–Kier alpha value is -0.290. The second-order valence-corrected chi connectivity index (χ2v) is 6.91. The van der Waals surface area contributed by atoms with Gasteiger partial charge in [-0.1, -0.05) is 20.8 Å². The van der Waals surface area contributed by atoms with Crippen molar-refractivity contribution in [1.82, 2.24) is 9.97 Å². The van der Waals surface area contributed by atoms with Crippen molar-refractivity contribution < 1.29 is 0 Å². The molecule has 0 aliphatic heterocycles. The van der Waals surface area contributed by atoms with Gasteiger partial charge in [0.25, 0.3) is 5.56 Å². The summed E-state index contributed by atoms with van der Waals surface area (Å²) in [5.41, 5.74) is 0.635. The molecular formula is C10H15BrN2OS. The van der Waals surface area contributed by atoms with Crippen molar-refractivity contribution in [2.24, 2.45) is 0 Å². The summed E-state index contributed by atoms with van der Waals surface area (Å²) in [6, 6.07) is 0. The van der Waals surface area contributed by atoms with Crippen molar-refractivity contribution >= 4 is 27.7 Å². The summed E-state index contributed by atoms with van der Waals surface area (Å²) in [6.45, 7) is 8.25. The van der Waals surface area contributed by atoms with Gasteiger partial charge in [-0.05, 0) is 22.9 Å². The maximum atomic E-state index is 11.4. The molecule has 0 radical (unpaired) electrons. The molecule has 1 heterocycles. The minimum atomic E-state index is -0.105. The van der Waals surface area contributed by atoms with Crippen molar-refractivity contribution in [2.75, 3.05) is 0 Å². The fourth-order valence-corrected chi connectivity index (χ4v) is 1.88. The highest BCUT2D eigenvalue weighted by molar-refractivity contribution is 9.10. The molecule has 15 heavy (non-hydrogen) atoms. The van der Waals surface area contributed by atoms with Gasteiger partial charge >= 0.3 is 0 Å². The maximum absolute atomic E-state index is 11.4. The lowest BCUT2D eigenvalue weighted by Crippen LogP contribution is -2.15. The molecule has 0 saturated heterocycles. The van der Waals surface area contributed by atoms with E-state index in [0.717, 1.165) is 17.3 Å². The Morgan fingerprint density at radius 1 is 1.47 bits per heavy atom. The standard InChI is InChI=1S/C10H15BrN2OS/c1-6-8(11)9(14)13-7(12-6)5-15-10(2,3)4/h5H2,1-4H3,(H,12,13,14). The normalized spacial score (nSPS) is 11.8. The van der Waals surface area contributed by atoms with E-state index in [1.165, 1.54) is 0 Å². The van der Waals surface area contributed by atoms with E-state index in [2.05, 4.69) is 46.7 Å². The van der Waals surface area contributed by atoms with Crippen LogP contribution in [0.15, 0.2) is 9.27 Å². The predicted octanol–water partition coefficient (Wildman–Crippen LogP) is 2.87. The van der Waals surface area contributed by atoms with Gasteiger partial charge < -0.3 is 4.98 Å². The summed E-state index contributed by atoms with van der Waals surface area (Å²) in [5, 5.41) is 0. The highest BCUT2D eigenvalue weighted by Crippen LogP contribution is 2.25. The summed E-state index contributed by atoms with van der Waals surface area (Å²) >= 11 is 4.95. The Bertz CT molecular complexity index is 409. The Morgan fingerprint density at radius 2 is 2.07 bits per heavy atom. The number of thioether (sulfide) groups is 1. The third-order valence-electron chi connectivity index (χ3n) is 1.72. The highest BCUT2D eigenvalue weighted by Gasteiger charge is 2.12. The van der Waals surface area contributed by atoms with Crippen LogP contribution in [0.5, 0.6) is 0 Å². The van der Waals surface area contributed by atoms with Gasteiger partial charge in [0.2, 0.25) is 0 Å². The molecule has 0 unspecified atom stereocenters.